The zero-order chi connectivity index (χ0) is 12.8. The molecule has 0 aliphatic rings. The Morgan fingerprint density at radius 3 is 2.71 bits per heavy atom. The molecule has 0 aromatic heterocycles. The summed E-state index contributed by atoms with van der Waals surface area (Å²) in [4.78, 5) is 0. The molecule has 0 radical (unpaired) electrons. The van der Waals surface area contributed by atoms with Crippen LogP contribution in [-0.2, 0) is 11.3 Å². The SMILES string of the molecule is COCC(NCc1cc(Cl)ccc1O)C(C)C. The van der Waals surface area contributed by atoms with Gasteiger partial charge in [0.2, 0.25) is 0 Å². The number of ether oxygens (including phenoxy) is 1. The second-order valence-corrected chi connectivity index (χ2v) is 4.90. The first-order valence-electron chi connectivity index (χ1n) is 5.74. The van der Waals surface area contributed by atoms with E-state index in [1.807, 2.05) is 0 Å². The van der Waals surface area contributed by atoms with E-state index >= 15 is 0 Å². The number of halogens is 1. The van der Waals surface area contributed by atoms with Gasteiger partial charge in [-0.25, -0.2) is 0 Å². The fraction of sp³-hybridized carbons (Fsp3) is 0.538. The summed E-state index contributed by atoms with van der Waals surface area (Å²) in [6.07, 6.45) is 0. The zero-order valence-electron chi connectivity index (χ0n) is 10.5. The molecule has 0 spiro atoms. The van der Waals surface area contributed by atoms with E-state index in [4.69, 9.17) is 16.3 Å². The number of hydrogen-bond donors (Lipinski definition) is 2. The van der Waals surface area contributed by atoms with E-state index in [-0.39, 0.29) is 11.8 Å². The Labute approximate surface area is 108 Å². The molecule has 0 saturated heterocycles. The van der Waals surface area contributed by atoms with Crippen LogP contribution in [0.3, 0.4) is 0 Å². The lowest BCUT2D eigenvalue weighted by Gasteiger charge is -2.21. The number of nitrogens with one attached hydrogen (secondary N) is 1. The highest BCUT2D eigenvalue weighted by Crippen LogP contribution is 2.21. The van der Waals surface area contributed by atoms with Gasteiger partial charge >= 0.3 is 0 Å². The lowest BCUT2D eigenvalue weighted by molar-refractivity contribution is 0.146. The minimum absolute atomic E-state index is 0.262. The van der Waals surface area contributed by atoms with Gasteiger partial charge in [0.1, 0.15) is 5.75 Å². The van der Waals surface area contributed by atoms with Crippen LogP contribution in [-0.4, -0.2) is 24.9 Å². The summed E-state index contributed by atoms with van der Waals surface area (Å²) in [5.74, 6) is 0.734. The highest BCUT2D eigenvalue weighted by Gasteiger charge is 2.13. The average molecular weight is 258 g/mol. The van der Waals surface area contributed by atoms with Crippen LogP contribution < -0.4 is 5.32 Å². The standard InChI is InChI=1S/C13H20ClNO2/c1-9(2)12(8-17-3)15-7-10-6-11(14)4-5-13(10)16/h4-6,9,12,15-16H,7-8H2,1-3H3. The van der Waals surface area contributed by atoms with Gasteiger partial charge < -0.3 is 15.2 Å². The predicted molar refractivity (Wildman–Crippen MR) is 70.5 cm³/mol. The third-order valence-electron chi connectivity index (χ3n) is 2.75. The predicted octanol–water partition coefficient (Wildman–Crippen LogP) is 2.81. The maximum absolute atomic E-state index is 9.69. The molecule has 1 aromatic rings. The van der Waals surface area contributed by atoms with Gasteiger partial charge in [-0.1, -0.05) is 25.4 Å². The Balaban J connectivity index is 2.61. The molecule has 0 fully saturated rings. The molecule has 1 atom stereocenters. The number of rotatable bonds is 6. The van der Waals surface area contributed by atoms with Crippen LogP contribution in [0.5, 0.6) is 5.75 Å². The summed E-state index contributed by atoms with van der Waals surface area (Å²) in [7, 11) is 1.69. The van der Waals surface area contributed by atoms with E-state index in [1.165, 1.54) is 0 Å². The van der Waals surface area contributed by atoms with Gasteiger partial charge in [0.25, 0.3) is 0 Å². The van der Waals surface area contributed by atoms with Gasteiger partial charge in [-0.05, 0) is 24.1 Å². The van der Waals surface area contributed by atoms with Crippen LogP contribution in [0.4, 0.5) is 0 Å². The molecule has 0 saturated carbocycles. The molecule has 96 valence electrons. The van der Waals surface area contributed by atoms with Crippen LogP contribution in [0.15, 0.2) is 18.2 Å². The van der Waals surface area contributed by atoms with Crippen LogP contribution in [0.25, 0.3) is 0 Å². The Morgan fingerprint density at radius 1 is 1.41 bits per heavy atom. The monoisotopic (exact) mass is 257 g/mol. The van der Waals surface area contributed by atoms with Gasteiger partial charge in [0.15, 0.2) is 0 Å². The highest BCUT2D eigenvalue weighted by atomic mass is 35.5. The lowest BCUT2D eigenvalue weighted by Crippen LogP contribution is -2.37. The van der Waals surface area contributed by atoms with Gasteiger partial charge in [-0.2, -0.15) is 0 Å². The van der Waals surface area contributed by atoms with Gasteiger partial charge in [0, 0.05) is 30.3 Å². The number of benzene rings is 1. The molecule has 2 N–H and O–H groups in total. The highest BCUT2D eigenvalue weighted by molar-refractivity contribution is 6.30. The minimum atomic E-state index is 0.262. The van der Waals surface area contributed by atoms with Crippen molar-refractivity contribution >= 4 is 11.6 Å². The third-order valence-corrected chi connectivity index (χ3v) is 2.98. The van der Waals surface area contributed by atoms with Gasteiger partial charge in [0.05, 0.1) is 6.61 Å². The topological polar surface area (TPSA) is 41.5 Å². The second-order valence-electron chi connectivity index (χ2n) is 4.46. The van der Waals surface area contributed by atoms with E-state index in [9.17, 15) is 5.11 Å². The molecule has 0 aliphatic heterocycles. The van der Waals surface area contributed by atoms with Gasteiger partial charge in [-0.15, -0.1) is 0 Å². The average Bonchev–Trinajstić information content (AvgIpc) is 2.28. The number of phenols is 1. The van der Waals surface area contributed by atoms with Crippen LogP contribution >= 0.6 is 11.6 Å². The number of aromatic hydroxyl groups is 1. The molecule has 0 heterocycles. The first-order chi connectivity index (χ1) is 8.04. The summed E-state index contributed by atoms with van der Waals surface area (Å²) in [5.41, 5.74) is 0.805. The molecule has 17 heavy (non-hydrogen) atoms. The van der Waals surface area contributed by atoms with Gasteiger partial charge in [-0.3, -0.25) is 0 Å². The number of methoxy groups -OCH3 is 1. The van der Waals surface area contributed by atoms with Crippen LogP contribution in [0, 0.1) is 5.92 Å². The molecule has 0 aliphatic carbocycles. The summed E-state index contributed by atoms with van der Waals surface area (Å²) in [6, 6.07) is 5.32. The summed E-state index contributed by atoms with van der Waals surface area (Å²) in [5, 5.41) is 13.7. The molecular formula is C13H20ClNO2. The largest absolute Gasteiger partial charge is 0.508 e. The van der Waals surface area contributed by atoms with Crippen molar-refractivity contribution < 1.29 is 9.84 Å². The Morgan fingerprint density at radius 2 is 2.12 bits per heavy atom. The quantitative estimate of drug-likeness (QED) is 0.824. The van der Waals surface area contributed by atoms with Crippen molar-refractivity contribution in [3.8, 4) is 5.75 Å². The molecular weight excluding hydrogens is 238 g/mol. The molecule has 1 unspecified atom stereocenters. The van der Waals surface area contributed by atoms with Crippen molar-refractivity contribution in [2.75, 3.05) is 13.7 Å². The molecule has 4 heteroatoms. The van der Waals surface area contributed by atoms with Crippen molar-refractivity contribution in [1.29, 1.82) is 0 Å². The lowest BCUT2D eigenvalue weighted by atomic mass is 10.0. The summed E-state index contributed by atoms with van der Waals surface area (Å²) < 4.78 is 5.16. The van der Waals surface area contributed by atoms with Crippen molar-refractivity contribution in [2.45, 2.75) is 26.4 Å². The Kier molecular flexibility index (Phi) is 5.75. The summed E-state index contributed by atoms with van der Waals surface area (Å²) >= 11 is 5.89. The Hall–Kier alpha value is -0.770. The van der Waals surface area contributed by atoms with Crippen molar-refractivity contribution in [3.63, 3.8) is 0 Å². The first kappa shape index (κ1) is 14.3. The normalized spacial score (nSPS) is 13.0. The van der Waals surface area contributed by atoms with Crippen molar-refractivity contribution in [3.05, 3.63) is 28.8 Å². The fourth-order valence-electron chi connectivity index (χ4n) is 1.60. The van der Waals surface area contributed by atoms with Crippen LogP contribution in [0.1, 0.15) is 19.4 Å². The molecule has 0 amide bonds. The van der Waals surface area contributed by atoms with E-state index in [2.05, 4.69) is 19.2 Å². The van der Waals surface area contributed by atoms with E-state index < -0.39 is 0 Å². The molecule has 3 nitrogen and oxygen atoms in total. The number of phenolic OH excluding ortho intramolecular Hbond substituents is 1. The molecule has 1 rings (SSSR count). The molecule has 1 aromatic carbocycles. The van der Waals surface area contributed by atoms with E-state index in [0.717, 1.165) is 5.56 Å². The Bertz CT molecular complexity index is 355. The maximum Gasteiger partial charge on any atom is 0.120 e. The fourth-order valence-corrected chi connectivity index (χ4v) is 1.80. The van der Waals surface area contributed by atoms with Crippen molar-refractivity contribution in [2.24, 2.45) is 5.92 Å². The first-order valence-corrected chi connectivity index (χ1v) is 6.12. The maximum atomic E-state index is 9.69. The van der Waals surface area contributed by atoms with Crippen molar-refractivity contribution in [1.82, 2.24) is 5.32 Å². The summed E-state index contributed by atoms with van der Waals surface area (Å²) in [6.45, 7) is 5.50. The third kappa shape index (κ3) is 4.54. The molecule has 0 bridgehead atoms. The smallest absolute Gasteiger partial charge is 0.120 e. The van der Waals surface area contributed by atoms with Crippen LogP contribution in [0.2, 0.25) is 5.02 Å². The second kappa shape index (κ2) is 6.84. The van der Waals surface area contributed by atoms with E-state index in [0.29, 0.717) is 24.1 Å². The number of hydrogen-bond acceptors (Lipinski definition) is 3. The minimum Gasteiger partial charge on any atom is -0.508 e. The zero-order valence-corrected chi connectivity index (χ0v) is 11.3. The van der Waals surface area contributed by atoms with E-state index in [1.54, 1.807) is 25.3 Å².